The molecule has 1 aliphatic heterocycles. The number of imide groups is 1. The van der Waals surface area contributed by atoms with Crippen LogP contribution < -0.4 is 19.7 Å². The molecule has 1 N–H and O–H groups in total. The van der Waals surface area contributed by atoms with E-state index in [-0.39, 0.29) is 11.6 Å². The van der Waals surface area contributed by atoms with Gasteiger partial charge in [-0.05, 0) is 60.0 Å². The van der Waals surface area contributed by atoms with Crippen LogP contribution in [0.1, 0.15) is 4.88 Å². The SMILES string of the molecule is COc1ccc(NC2=C(c3cccs3)C(=O)N(c3ccc(OC)cc3)C2=O)cc1. The Labute approximate surface area is 172 Å². The van der Waals surface area contributed by atoms with E-state index in [9.17, 15) is 9.59 Å². The van der Waals surface area contributed by atoms with Crippen LogP contribution in [0.5, 0.6) is 11.5 Å². The first-order valence-corrected chi connectivity index (χ1v) is 9.72. The molecule has 0 aliphatic carbocycles. The molecule has 2 heterocycles. The number of thiophene rings is 1. The maximum Gasteiger partial charge on any atom is 0.282 e. The highest BCUT2D eigenvalue weighted by Gasteiger charge is 2.40. The Morgan fingerprint density at radius 2 is 1.45 bits per heavy atom. The van der Waals surface area contributed by atoms with Crippen molar-refractivity contribution in [3.63, 3.8) is 0 Å². The number of methoxy groups -OCH3 is 2. The highest BCUT2D eigenvalue weighted by molar-refractivity contribution is 7.11. The molecule has 0 unspecified atom stereocenters. The van der Waals surface area contributed by atoms with E-state index in [0.29, 0.717) is 28.4 Å². The summed E-state index contributed by atoms with van der Waals surface area (Å²) in [6, 6.07) is 17.7. The molecular weight excluding hydrogens is 388 g/mol. The molecule has 1 aliphatic rings. The fourth-order valence-corrected chi connectivity index (χ4v) is 3.85. The zero-order valence-electron chi connectivity index (χ0n) is 15.8. The van der Waals surface area contributed by atoms with Crippen molar-refractivity contribution in [2.24, 2.45) is 0 Å². The van der Waals surface area contributed by atoms with E-state index >= 15 is 0 Å². The molecule has 4 rings (SSSR count). The molecule has 146 valence electrons. The summed E-state index contributed by atoms with van der Waals surface area (Å²) in [4.78, 5) is 28.4. The number of nitrogens with zero attached hydrogens (tertiary/aromatic N) is 1. The number of amides is 2. The van der Waals surface area contributed by atoms with Crippen molar-refractivity contribution >= 4 is 40.1 Å². The molecule has 0 saturated heterocycles. The van der Waals surface area contributed by atoms with E-state index in [2.05, 4.69) is 5.32 Å². The second kappa shape index (κ2) is 7.81. The quantitative estimate of drug-likeness (QED) is 0.623. The van der Waals surface area contributed by atoms with E-state index in [1.54, 1.807) is 62.8 Å². The number of anilines is 2. The number of nitrogens with one attached hydrogen (secondary N) is 1. The normalized spacial score (nSPS) is 13.8. The maximum atomic E-state index is 13.2. The monoisotopic (exact) mass is 406 g/mol. The molecule has 0 saturated carbocycles. The number of ether oxygens (including phenoxy) is 2. The molecule has 7 heteroatoms. The highest BCUT2D eigenvalue weighted by Crippen LogP contribution is 2.36. The van der Waals surface area contributed by atoms with Gasteiger partial charge in [0.2, 0.25) is 0 Å². The number of hydrogen-bond donors (Lipinski definition) is 1. The molecule has 0 spiro atoms. The Morgan fingerprint density at radius 1 is 0.828 bits per heavy atom. The Balaban J connectivity index is 1.73. The summed E-state index contributed by atoms with van der Waals surface area (Å²) in [7, 11) is 3.15. The first-order chi connectivity index (χ1) is 14.1. The van der Waals surface area contributed by atoms with Crippen molar-refractivity contribution in [2.75, 3.05) is 24.4 Å². The molecule has 0 bridgehead atoms. The number of carbonyl (C=O) groups is 2. The average Bonchev–Trinajstić information content (AvgIpc) is 3.36. The molecule has 0 fully saturated rings. The van der Waals surface area contributed by atoms with E-state index in [1.807, 2.05) is 17.5 Å². The predicted octanol–water partition coefficient (Wildman–Crippen LogP) is 4.16. The highest BCUT2D eigenvalue weighted by atomic mass is 32.1. The Kier molecular flexibility index (Phi) is 5.05. The smallest absolute Gasteiger partial charge is 0.282 e. The first kappa shape index (κ1) is 18.8. The Hall–Kier alpha value is -3.58. The van der Waals surface area contributed by atoms with Gasteiger partial charge < -0.3 is 14.8 Å². The lowest BCUT2D eigenvalue weighted by Crippen LogP contribution is -2.32. The van der Waals surface area contributed by atoms with Gasteiger partial charge in [0.1, 0.15) is 17.2 Å². The van der Waals surface area contributed by atoms with Gasteiger partial charge in [-0.15, -0.1) is 11.3 Å². The third-order valence-electron chi connectivity index (χ3n) is 4.54. The van der Waals surface area contributed by atoms with Crippen molar-refractivity contribution in [3.8, 4) is 11.5 Å². The van der Waals surface area contributed by atoms with E-state index in [4.69, 9.17) is 9.47 Å². The van der Waals surface area contributed by atoms with Gasteiger partial charge in [-0.1, -0.05) is 6.07 Å². The molecule has 1 aromatic heterocycles. The zero-order chi connectivity index (χ0) is 20.4. The van der Waals surface area contributed by atoms with Crippen LogP contribution in [0.4, 0.5) is 11.4 Å². The Morgan fingerprint density at radius 3 is 2.00 bits per heavy atom. The first-order valence-electron chi connectivity index (χ1n) is 8.84. The zero-order valence-corrected chi connectivity index (χ0v) is 16.7. The molecular formula is C22H18N2O4S. The van der Waals surface area contributed by atoms with Gasteiger partial charge in [0, 0.05) is 10.6 Å². The molecule has 3 aromatic rings. The van der Waals surface area contributed by atoms with Crippen LogP contribution in [-0.2, 0) is 9.59 Å². The van der Waals surface area contributed by atoms with Gasteiger partial charge in [0.25, 0.3) is 11.8 Å². The van der Waals surface area contributed by atoms with Gasteiger partial charge in [-0.3, -0.25) is 9.59 Å². The maximum absolute atomic E-state index is 13.2. The molecule has 29 heavy (non-hydrogen) atoms. The average molecular weight is 406 g/mol. The summed E-state index contributed by atoms with van der Waals surface area (Å²) in [6.07, 6.45) is 0. The summed E-state index contributed by atoms with van der Waals surface area (Å²) in [6.45, 7) is 0. The summed E-state index contributed by atoms with van der Waals surface area (Å²) >= 11 is 1.41. The molecule has 0 atom stereocenters. The van der Waals surface area contributed by atoms with E-state index in [1.165, 1.54) is 16.2 Å². The lowest BCUT2D eigenvalue weighted by Gasteiger charge is -2.15. The number of rotatable bonds is 6. The third-order valence-corrected chi connectivity index (χ3v) is 5.43. The molecule has 6 nitrogen and oxygen atoms in total. The van der Waals surface area contributed by atoms with Crippen molar-refractivity contribution in [1.29, 1.82) is 0 Å². The van der Waals surface area contributed by atoms with Crippen LogP contribution in [0.15, 0.2) is 71.7 Å². The fourth-order valence-electron chi connectivity index (χ4n) is 3.08. The second-order valence-electron chi connectivity index (χ2n) is 6.22. The van der Waals surface area contributed by atoms with Crippen LogP contribution in [0.3, 0.4) is 0 Å². The second-order valence-corrected chi connectivity index (χ2v) is 7.17. The summed E-state index contributed by atoms with van der Waals surface area (Å²) < 4.78 is 10.3. The van der Waals surface area contributed by atoms with Crippen molar-refractivity contribution in [1.82, 2.24) is 0 Å². The van der Waals surface area contributed by atoms with Crippen LogP contribution in [-0.4, -0.2) is 26.0 Å². The van der Waals surface area contributed by atoms with Crippen molar-refractivity contribution in [3.05, 3.63) is 76.6 Å². The van der Waals surface area contributed by atoms with Crippen LogP contribution >= 0.6 is 11.3 Å². The lowest BCUT2D eigenvalue weighted by molar-refractivity contribution is -0.120. The molecule has 2 aromatic carbocycles. The van der Waals surface area contributed by atoms with Gasteiger partial charge in [0.15, 0.2) is 0 Å². The van der Waals surface area contributed by atoms with E-state index in [0.717, 1.165) is 4.88 Å². The molecule has 2 amide bonds. The minimum atomic E-state index is -0.403. The minimum absolute atomic E-state index is 0.249. The van der Waals surface area contributed by atoms with Crippen LogP contribution in [0.2, 0.25) is 0 Å². The van der Waals surface area contributed by atoms with E-state index < -0.39 is 5.91 Å². The predicted molar refractivity (Wildman–Crippen MR) is 113 cm³/mol. The van der Waals surface area contributed by atoms with Crippen molar-refractivity contribution < 1.29 is 19.1 Å². The number of carbonyl (C=O) groups excluding carboxylic acids is 2. The number of hydrogen-bond acceptors (Lipinski definition) is 6. The van der Waals surface area contributed by atoms with Crippen LogP contribution in [0.25, 0.3) is 5.57 Å². The van der Waals surface area contributed by atoms with Crippen molar-refractivity contribution in [2.45, 2.75) is 0 Å². The third kappa shape index (κ3) is 3.48. The standard InChI is InChI=1S/C22H18N2O4S/c1-27-16-9-5-14(6-10-16)23-20-19(18-4-3-13-29-18)21(25)24(22(20)26)15-7-11-17(28-2)12-8-15/h3-13,23H,1-2H3. The van der Waals surface area contributed by atoms with Crippen LogP contribution in [0, 0.1) is 0 Å². The van der Waals surface area contributed by atoms with Gasteiger partial charge in [-0.2, -0.15) is 0 Å². The van der Waals surface area contributed by atoms with Gasteiger partial charge >= 0.3 is 0 Å². The summed E-state index contributed by atoms with van der Waals surface area (Å²) in [5.74, 6) is 0.588. The summed E-state index contributed by atoms with van der Waals surface area (Å²) in [5, 5.41) is 5.00. The number of benzene rings is 2. The Bertz CT molecular complexity index is 1070. The molecule has 0 radical (unpaired) electrons. The minimum Gasteiger partial charge on any atom is -0.497 e. The topological polar surface area (TPSA) is 67.9 Å². The largest absolute Gasteiger partial charge is 0.497 e. The fraction of sp³-hybridized carbons (Fsp3) is 0.0909. The summed E-state index contributed by atoms with van der Waals surface area (Å²) in [5.41, 5.74) is 1.78. The van der Waals surface area contributed by atoms with Gasteiger partial charge in [-0.25, -0.2) is 4.90 Å². The lowest BCUT2D eigenvalue weighted by atomic mass is 10.2. The van der Waals surface area contributed by atoms with Gasteiger partial charge in [0.05, 0.1) is 25.5 Å².